The van der Waals surface area contributed by atoms with Gasteiger partial charge in [0, 0.05) is 17.6 Å². The van der Waals surface area contributed by atoms with Crippen molar-refractivity contribution in [3.05, 3.63) is 53.6 Å². The van der Waals surface area contributed by atoms with Gasteiger partial charge in [0.2, 0.25) is 11.5 Å². The largest absolute Gasteiger partial charge is 1.00 e. The SMILES string of the molecule is CCN(CCn1cc[n+](C)c1)c1ccc(N=Nc2nc(C)cs2)c(C)c1.[Br-]. The topological polar surface area (TPSA) is 49.7 Å². The number of halogens is 1. The van der Waals surface area contributed by atoms with Crippen molar-refractivity contribution in [2.45, 2.75) is 27.3 Å². The maximum Gasteiger partial charge on any atom is 0.243 e. The number of benzene rings is 1. The van der Waals surface area contributed by atoms with E-state index >= 15 is 0 Å². The minimum absolute atomic E-state index is 0. The highest BCUT2D eigenvalue weighted by molar-refractivity contribution is 7.13. The number of rotatable bonds is 7. The fraction of sp³-hybridized carbons (Fsp3) is 0.368. The molecule has 0 fully saturated rings. The third-order valence-corrected chi connectivity index (χ3v) is 5.07. The molecule has 0 saturated heterocycles. The molecule has 0 spiro atoms. The maximum absolute atomic E-state index is 4.36. The highest BCUT2D eigenvalue weighted by atomic mass is 79.9. The lowest BCUT2D eigenvalue weighted by molar-refractivity contribution is -0.671. The Kier molecular flexibility index (Phi) is 7.67. The summed E-state index contributed by atoms with van der Waals surface area (Å²) in [5, 5.41) is 11.3. The molecule has 27 heavy (non-hydrogen) atoms. The molecule has 2 heterocycles. The molecular formula is C19H25BrN6S. The number of aryl methyl sites for hydroxylation is 3. The normalized spacial score (nSPS) is 11.0. The van der Waals surface area contributed by atoms with E-state index in [1.807, 2.05) is 25.4 Å². The molecule has 0 bridgehead atoms. The Bertz CT molecular complexity index is 901. The summed E-state index contributed by atoms with van der Waals surface area (Å²) in [4.78, 5) is 6.69. The van der Waals surface area contributed by atoms with Crippen LogP contribution in [0.5, 0.6) is 0 Å². The highest BCUT2D eigenvalue weighted by Gasteiger charge is 2.09. The van der Waals surface area contributed by atoms with Crippen LogP contribution in [-0.4, -0.2) is 22.6 Å². The van der Waals surface area contributed by atoms with Crippen LogP contribution in [0.2, 0.25) is 0 Å². The fourth-order valence-electron chi connectivity index (χ4n) is 2.77. The quantitative estimate of drug-likeness (QED) is 0.404. The van der Waals surface area contributed by atoms with Crippen LogP contribution in [0.4, 0.5) is 16.5 Å². The number of aromatic nitrogens is 3. The van der Waals surface area contributed by atoms with E-state index < -0.39 is 0 Å². The number of hydrogen-bond donors (Lipinski definition) is 0. The van der Waals surface area contributed by atoms with Crippen LogP contribution < -0.4 is 26.4 Å². The molecule has 8 heteroatoms. The zero-order chi connectivity index (χ0) is 18.5. The molecule has 0 saturated carbocycles. The first-order valence-corrected chi connectivity index (χ1v) is 9.63. The lowest BCUT2D eigenvalue weighted by atomic mass is 10.1. The molecule has 6 nitrogen and oxygen atoms in total. The summed E-state index contributed by atoms with van der Waals surface area (Å²) in [5.41, 5.74) is 4.19. The summed E-state index contributed by atoms with van der Waals surface area (Å²) >= 11 is 1.51. The minimum Gasteiger partial charge on any atom is -1.00 e. The Morgan fingerprint density at radius 1 is 1.26 bits per heavy atom. The predicted molar refractivity (Wildman–Crippen MR) is 106 cm³/mol. The Balaban J connectivity index is 0.00000261. The third-order valence-electron chi connectivity index (χ3n) is 4.23. The van der Waals surface area contributed by atoms with Crippen LogP contribution in [0, 0.1) is 13.8 Å². The first kappa shape index (κ1) is 21.2. The van der Waals surface area contributed by atoms with Crippen LogP contribution in [0.1, 0.15) is 18.2 Å². The Morgan fingerprint density at radius 3 is 2.67 bits per heavy atom. The molecule has 2 aromatic heterocycles. The van der Waals surface area contributed by atoms with Gasteiger partial charge in [0.25, 0.3) is 0 Å². The fourth-order valence-corrected chi connectivity index (χ4v) is 3.39. The van der Waals surface area contributed by atoms with E-state index in [1.54, 1.807) is 0 Å². The number of imidazole rings is 1. The number of anilines is 1. The molecule has 0 aliphatic heterocycles. The molecule has 0 amide bonds. The van der Waals surface area contributed by atoms with Crippen molar-refractivity contribution >= 4 is 27.8 Å². The molecule has 144 valence electrons. The van der Waals surface area contributed by atoms with Crippen LogP contribution in [-0.2, 0) is 13.6 Å². The van der Waals surface area contributed by atoms with Crippen molar-refractivity contribution in [3.8, 4) is 0 Å². The van der Waals surface area contributed by atoms with Crippen molar-refractivity contribution < 1.29 is 21.5 Å². The first-order chi connectivity index (χ1) is 12.5. The van der Waals surface area contributed by atoms with Gasteiger partial charge in [0.15, 0.2) is 0 Å². The van der Waals surface area contributed by atoms with Gasteiger partial charge in [-0.05, 0) is 44.5 Å². The second-order valence-corrected chi connectivity index (χ2v) is 7.18. The van der Waals surface area contributed by atoms with Gasteiger partial charge in [-0.3, -0.25) is 0 Å². The molecular weight excluding hydrogens is 424 g/mol. The number of likely N-dealkylation sites (N-methyl/N-ethyl adjacent to an activating group) is 1. The molecule has 0 atom stereocenters. The Hall–Kier alpha value is -2.06. The lowest BCUT2D eigenvalue weighted by Gasteiger charge is -2.22. The maximum atomic E-state index is 4.36. The average Bonchev–Trinajstić information content (AvgIpc) is 3.23. The first-order valence-electron chi connectivity index (χ1n) is 8.75. The molecule has 3 aromatic rings. The van der Waals surface area contributed by atoms with Gasteiger partial charge in [0.1, 0.15) is 18.9 Å². The summed E-state index contributed by atoms with van der Waals surface area (Å²) in [6.07, 6.45) is 6.26. The van der Waals surface area contributed by atoms with E-state index in [9.17, 15) is 0 Å². The van der Waals surface area contributed by atoms with E-state index in [-0.39, 0.29) is 17.0 Å². The van der Waals surface area contributed by atoms with Gasteiger partial charge in [-0.1, -0.05) is 0 Å². The predicted octanol–water partition coefficient (Wildman–Crippen LogP) is 1.33. The minimum atomic E-state index is 0. The second kappa shape index (κ2) is 9.75. The van der Waals surface area contributed by atoms with Crippen LogP contribution in [0.3, 0.4) is 0 Å². The molecule has 1 aromatic carbocycles. The lowest BCUT2D eigenvalue weighted by Crippen LogP contribution is -3.00. The molecule has 0 radical (unpaired) electrons. The van der Waals surface area contributed by atoms with E-state index in [1.165, 1.54) is 17.0 Å². The molecule has 0 unspecified atom stereocenters. The monoisotopic (exact) mass is 448 g/mol. The number of azo groups is 1. The molecule has 0 N–H and O–H groups in total. The number of nitrogens with zero attached hydrogens (tertiary/aromatic N) is 6. The summed E-state index contributed by atoms with van der Waals surface area (Å²) in [6.45, 7) is 9.10. The third kappa shape index (κ3) is 5.71. The van der Waals surface area contributed by atoms with E-state index in [0.717, 1.165) is 36.6 Å². The zero-order valence-corrected chi connectivity index (χ0v) is 18.5. The van der Waals surface area contributed by atoms with Gasteiger partial charge in [-0.25, -0.2) is 14.1 Å². The van der Waals surface area contributed by atoms with Gasteiger partial charge < -0.3 is 21.9 Å². The molecule has 0 aliphatic carbocycles. The summed E-state index contributed by atoms with van der Waals surface area (Å²) < 4.78 is 4.26. The van der Waals surface area contributed by atoms with E-state index in [2.05, 4.69) is 73.9 Å². The highest BCUT2D eigenvalue weighted by Crippen LogP contribution is 2.27. The van der Waals surface area contributed by atoms with Crippen molar-refractivity contribution in [1.29, 1.82) is 0 Å². The van der Waals surface area contributed by atoms with Crippen molar-refractivity contribution in [2.75, 3.05) is 18.0 Å². The Labute approximate surface area is 175 Å². The summed E-state index contributed by atoms with van der Waals surface area (Å²) in [7, 11) is 2.04. The van der Waals surface area contributed by atoms with Gasteiger partial charge in [-0.15, -0.1) is 21.6 Å². The standard InChI is InChI=1S/C19H25N6S.BrH/c1-5-25(11-10-24-9-8-23(4)14-24)17-6-7-18(15(2)12-17)21-22-19-20-16(3)13-26-19;/h6-9,12-14H,5,10-11H2,1-4H3;1H/q+1;/p-1. The Morgan fingerprint density at radius 2 is 2.07 bits per heavy atom. The van der Waals surface area contributed by atoms with Gasteiger partial charge in [0.05, 0.1) is 25.0 Å². The average molecular weight is 449 g/mol. The van der Waals surface area contributed by atoms with Crippen LogP contribution >= 0.6 is 11.3 Å². The zero-order valence-electron chi connectivity index (χ0n) is 16.1. The second-order valence-electron chi connectivity index (χ2n) is 6.34. The van der Waals surface area contributed by atoms with Gasteiger partial charge >= 0.3 is 0 Å². The number of thiazole rings is 1. The molecule has 3 rings (SSSR count). The van der Waals surface area contributed by atoms with Crippen molar-refractivity contribution in [3.63, 3.8) is 0 Å². The number of hydrogen-bond acceptors (Lipinski definition) is 5. The summed E-state index contributed by atoms with van der Waals surface area (Å²) in [6, 6.07) is 6.33. The van der Waals surface area contributed by atoms with E-state index in [4.69, 9.17) is 0 Å². The molecule has 0 aliphatic rings. The smallest absolute Gasteiger partial charge is 0.243 e. The van der Waals surface area contributed by atoms with Crippen LogP contribution in [0.25, 0.3) is 0 Å². The van der Waals surface area contributed by atoms with E-state index in [0.29, 0.717) is 5.13 Å². The summed E-state index contributed by atoms with van der Waals surface area (Å²) in [5.74, 6) is 0. The van der Waals surface area contributed by atoms with Crippen molar-refractivity contribution in [2.24, 2.45) is 17.3 Å². The van der Waals surface area contributed by atoms with Crippen molar-refractivity contribution in [1.82, 2.24) is 9.55 Å². The van der Waals surface area contributed by atoms with Crippen LogP contribution in [0.15, 0.2) is 52.5 Å². The van der Waals surface area contributed by atoms with Gasteiger partial charge in [-0.2, -0.15) is 0 Å².